The van der Waals surface area contributed by atoms with Gasteiger partial charge < -0.3 is 0 Å². The number of thiophene rings is 1. The van der Waals surface area contributed by atoms with Gasteiger partial charge in [0.05, 0.1) is 9.82 Å². The number of nitro groups is 1. The highest BCUT2D eigenvalue weighted by atomic mass is 32.2. The summed E-state index contributed by atoms with van der Waals surface area (Å²) in [5.74, 6) is 0. The zero-order valence-electron chi connectivity index (χ0n) is 13.4. The van der Waals surface area contributed by atoms with Crippen molar-refractivity contribution in [2.24, 2.45) is 0 Å². The van der Waals surface area contributed by atoms with Crippen molar-refractivity contribution >= 4 is 27.0 Å². The van der Waals surface area contributed by atoms with Crippen molar-refractivity contribution in [2.75, 3.05) is 6.54 Å². The standard InChI is InChI=1S/C16H18N2O4S2/c1-4-7-17(11-15-6-5-8-23-15)24(21,22)16-10-14(18(19)20)9-12(2)13(16)3/h4-6,8-10H,1,7,11H2,2-3H3. The van der Waals surface area contributed by atoms with E-state index in [0.717, 1.165) is 10.9 Å². The highest BCUT2D eigenvalue weighted by molar-refractivity contribution is 7.89. The second-order valence-corrected chi connectivity index (χ2v) is 8.25. The average Bonchev–Trinajstić information content (AvgIpc) is 3.02. The maximum absolute atomic E-state index is 13.1. The van der Waals surface area contributed by atoms with Crippen molar-refractivity contribution < 1.29 is 13.3 Å². The Morgan fingerprint density at radius 2 is 2.08 bits per heavy atom. The van der Waals surface area contributed by atoms with Gasteiger partial charge in [-0.05, 0) is 36.4 Å². The van der Waals surface area contributed by atoms with Crippen LogP contribution in [0.2, 0.25) is 0 Å². The summed E-state index contributed by atoms with van der Waals surface area (Å²) in [6.07, 6.45) is 1.50. The van der Waals surface area contributed by atoms with Gasteiger partial charge in [-0.15, -0.1) is 17.9 Å². The monoisotopic (exact) mass is 366 g/mol. The molecule has 0 bridgehead atoms. The molecule has 1 aromatic heterocycles. The zero-order valence-corrected chi connectivity index (χ0v) is 15.1. The summed E-state index contributed by atoms with van der Waals surface area (Å²) in [6, 6.07) is 6.21. The molecule has 0 unspecified atom stereocenters. The number of rotatable bonds is 7. The van der Waals surface area contributed by atoms with Crippen molar-refractivity contribution in [2.45, 2.75) is 25.3 Å². The van der Waals surface area contributed by atoms with Crippen LogP contribution in [0.15, 0.2) is 47.2 Å². The quantitative estimate of drug-likeness (QED) is 0.425. The number of nitrogens with zero attached hydrogens (tertiary/aromatic N) is 2. The molecule has 6 nitrogen and oxygen atoms in total. The summed E-state index contributed by atoms with van der Waals surface area (Å²) >= 11 is 1.46. The van der Waals surface area contributed by atoms with Gasteiger partial charge in [-0.3, -0.25) is 10.1 Å². The summed E-state index contributed by atoms with van der Waals surface area (Å²) in [4.78, 5) is 11.4. The Hall–Kier alpha value is -2.03. The van der Waals surface area contributed by atoms with Gasteiger partial charge in [0.15, 0.2) is 0 Å². The van der Waals surface area contributed by atoms with E-state index in [-0.39, 0.29) is 23.7 Å². The van der Waals surface area contributed by atoms with Gasteiger partial charge in [0.2, 0.25) is 10.0 Å². The van der Waals surface area contributed by atoms with E-state index in [1.807, 2.05) is 17.5 Å². The van der Waals surface area contributed by atoms with Gasteiger partial charge in [0, 0.05) is 30.1 Å². The Kier molecular flexibility index (Phi) is 5.53. The molecule has 2 rings (SSSR count). The van der Waals surface area contributed by atoms with Gasteiger partial charge in [0.1, 0.15) is 0 Å². The number of non-ortho nitro benzene ring substituents is 1. The van der Waals surface area contributed by atoms with Crippen molar-refractivity contribution in [3.05, 3.63) is 68.4 Å². The number of benzene rings is 1. The third kappa shape index (κ3) is 3.72. The minimum atomic E-state index is -3.88. The molecular formula is C16H18N2O4S2. The van der Waals surface area contributed by atoms with Crippen LogP contribution in [0.5, 0.6) is 0 Å². The lowest BCUT2D eigenvalue weighted by molar-refractivity contribution is -0.385. The predicted octanol–water partition coefficient (Wildman–Crippen LogP) is 3.65. The number of hydrogen-bond donors (Lipinski definition) is 0. The summed E-state index contributed by atoms with van der Waals surface area (Å²) in [5.41, 5.74) is 0.852. The molecule has 0 amide bonds. The van der Waals surface area contributed by atoms with Crippen LogP contribution >= 0.6 is 11.3 Å². The van der Waals surface area contributed by atoms with Crippen LogP contribution in [0.25, 0.3) is 0 Å². The Balaban J connectivity index is 2.54. The topological polar surface area (TPSA) is 80.5 Å². The minimum absolute atomic E-state index is 0.0346. The van der Waals surface area contributed by atoms with Crippen LogP contribution in [-0.2, 0) is 16.6 Å². The minimum Gasteiger partial charge on any atom is -0.258 e. The van der Waals surface area contributed by atoms with Gasteiger partial charge in [0.25, 0.3) is 5.69 Å². The maximum atomic E-state index is 13.1. The number of sulfonamides is 1. The Morgan fingerprint density at radius 3 is 2.62 bits per heavy atom. The smallest absolute Gasteiger partial charge is 0.258 e. The van der Waals surface area contributed by atoms with Crippen LogP contribution in [0.1, 0.15) is 16.0 Å². The van der Waals surface area contributed by atoms with Gasteiger partial charge >= 0.3 is 0 Å². The molecule has 0 radical (unpaired) electrons. The van der Waals surface area contributed by atoms with Crippen molar-refractivity contribution in [3.63, 3.8) is 0 Å². The molecule has 0 aliphatic carbocycles. The molecule has 0 aliphatic heterocycles. The van der Waals surface area contributed by atoms with Crippen LogP contribution in [0.3, 0.4) is 0 Å². The van der Waals surface area contributed by atoms with E-state index < -0.39 is 14.9 Å². The molecule has 1 heterocycles. The van der Waals surface area contributed by atoms with E-state index in [2.05, 4.69) is 6.58 Å². The molecule has 0 aliphatic rings. The van der Waals surface area contributed by atoms with Crippen LogP contribution < -0.4 is 0 Å². The molecule has 0 fully saturated rings. The Bertz CT molecular complexity index is 858. The van der Waals surface area contributed by atoms with Crippen LogP contribution in [0, 0.1) is 24.0 Å². The van der Waals surface area contributed by atoms with E-state index in [1.165, 1.54) is 27.8 Å². The fraction of sp³-hybridized carbons (Fsp3) is 0.250. The lowest BCUT2D eigenvalue weighted by atomic mass is 10.1. The summed E-state index contributed by atoms with van der Waals surface area (Å²) in [5, 5.41) is 12.9. The summed E-state index contributed by atoms with van der Waals surface area (Å²) in [6.45, 7) is 7.26. The molecule has 0 spiro atoms. The fourth-order valence-electron chi connectivity index (χ4n) is 2.29. The van der Waals surface area contributed by atoms with Crippen LogP contribution in [-0.4, -0.2) is 24.2 Å². The summed E-state index contributed by atoms with van der Waals surface area (Å²) in [7, 11) is -3.88. The van der Waals surface area contributed by atoms with Crippen molar-refractivity contribution in [1.82, 2.24) is 4.31 Å². The van der Waals surface area contributed by atoms with Crippen molar-refractivity contribution in [1.29, 1.82) is 0 Å². The Labute approximate surface area is 145 Å². The van der Waals surface area contributed by atoms with Crippen LogP contribution in [0.4, 0.5) is 5.69 Å². The van der Waals surface area contributed by atoms with E-state index in [4.69, 9.17) is 0 Å². The zero-order chi connectivity index (χ0) is 17.9. The molecule has 1 aromatic carbocycles. The number of nitro benzene ring substituents is 1. The Morgan fingerprint density at radius 1 is 1.38 bits per heavy atom. The van der Waals surface area contributed by atoms with E-state index in [9.17, 15) is 18.5 Å². The molecule has 24 heavy (non-hydrogen) atoms. The first-order chi connectivity index (χ1) is 11.3. The van der Waals surface area contributed by atoms with Crippen molar-refractivity contribution in [3.8, 4) is 0 Å². The van der Waals surface area contributed by atoms with Gasteiger partial charge in [-0.25, -0.2) is 8.42 Å². The lowest BCUT2D eigenvalue weighted by Crippen LogP contribution is -2.31. The molecule has 8 heteroatoms. The first kappa shape index (κ1) is 18.3. The highest BCUT2D eigenvalue weighted by Gasteiger charge is 2.28. The summed E-state index contributed by atoms with van der Waals surface area (Å²) < 4.78 is 27.4. The van der Waals surface area contributed by atoms with E-state index in [1.54, 1.807) is 13.8 Å². The average molecular weight is 366 g/mol. The highest BCUT2D eigenvalue weighted by Crippen LogP contribution is 2.29. The molecular weight excluding hydrogens is 348 g/mol. The second kappa shape index (κ2) is 7.25. The molecule has 128 valence electrons. The third-order valence-corrected chi connectivity index (χ3v) is 6.48. The normalized spacial score (nSPS) is 11.6. The SMILES string of the molecule is C=CCN(Cc1cccs1)S(=O)(=O)c1cc([N+](=O)[O-])cc(C)c1C. The second-order valence-electron chi connectivity index (χ2n) is 5.31. The molecule has 0 saturated carbocycles. The lowest BCUT2D eigenvalue weighted by Gasteiger charge is -2.21. The maximum Gasteiger partial charge on any atom is 0.271 e. The number of aryl methyl sites for hydroxylation is 1. The third-order valence-electron chi connectivity index (χ3n) is 3.68. The molecule has 0 atom stereocenters. The number of hydrogen-bond acceptors (Lipinski definition) is 5. The van der Waals surface area contributed by atoms with E-state index in [0.29, 0.717) is 11.1 Å². The molecule has 2 aromatic rings. The van der Waals surface area contributed by atoms with Gasteiger partial charge in [-0.1, -0.05) is 12.1 Å². The molecule has 0 N–H and O–H groups in total. The predicted molar refractivity (Wildman–Crippen MR) is 94.7 cm³/mol. The van der Waals surface area contributed by atoms with Gasteiger partial charge in [-0.2, -0.15) is 4.31 Å². The largest absolute Gasteiger partial charge is 0.271 e. The first-order valence-corrected chi connectivity index (χ1v) is 9.48. The molecule has 0 saturated heterocycles. The van der Waals surface area contributed by atoms with E-state index >= 15 is 0 Å². The fourth-order valence-corrected chi connectivity index (χ4v) is 4.80. The first-order valence-electron chi connectivity index (χ1n) is 7.16.